The first kappa shape index (κ1) is 29.8. The molecule has 0 radical (unpaired) electrons. The molecule has 0 atom stereocenters. The van der Waals surface area contributed by atoms with Crippen molar-refractivity contribution in [3.8, 4) is 34.2 Å². The number of fused-ring (bicyclic) bond motifs is 6. The van der Waals surface area contributed by atoms with Gasteiger partial charge in [-0.2, -0.15) is 0 Å². The van der Waals surface area contributed by atoms with E-state index in [4.69, 9.17) is 19.4 Å². The lowest BCUT2D eigenvalue weighted by atomic mass is 10.0. The van der Waals surface area contributed by atoms with Gasteiger partial charge >= 0.3 is 0 Å². The topological polar surface area (TPSA) is 55.1 Å². The molecular formula is C47H30N4O. The van der Waals surface area contributed by atoms with Crippen LogP contribution in [0.3, 0.4) is 0 Å². The van der Waals surface area contributed by atoms with Gasteiger partial charge in [0.1, 0.15) is 11.2 Å². The monoisotopic (exact) mass is 666 g/mol. The van der Waals surface area contributed by atoms with Crippen LogP contribution in [0.25, 0.3) is 77.6 Å². The number of benzene rings is 8. The van der Waals surface area contributed by atoms with Crippen LogP contribution in [-0.4, -0.2) is 15.0 Å². The third-order valence-corrected chi connectivity index (χ3v) is 9.65. The fourth-order valence-corrected chi connectivity index (χ4v) is 7.17. The standard InChI is InChI=1S/C47H30N4O/c1-4-16-33(17-5-1)45-48-46(34-18-6-2-7-19-34)50-47(49-45)36-29-41(43-40-27-25-32-15-12-13-23-39(32)44(40)52-42(43)30-36)51(37-21-8-3-9-22-37)38-26-24-31-14-10-11-20-35(31)28-38/h1-30H. The summed E-state index contributed by atoms with van der Waals surface area (Å²) in [6.07, 6.45) is 0. The second kappa shape index (κ2) is 12.3. The molecule has 52 heavy (non-hydrogen) atoms. The predicted molar refractivity (Wildman–Crippen MR) is 213 cm³/mol. The molecule has 0 aliphatic carbocycles. The lowest BCUT2D eigenvalue weighted by molar-refractivity contribution is 0.673. The number of rotatable bonds is 6. The molecule has 10 aromatic rings. The van der Waals surface area contributed by atoms with E-state index in [2.05, 4.69) is 126 Å². The maximum atomic E-state index is 6.89. The van der Waals surface area contributed by atoms with E-state index in [-0.39, 0.29) is 0 Å². The molecule has 5 nitrogen and oxygen atoms in total. The molecule has 0 N–H and O–H groups in total. The summed E-state index contributed by atoms with van der Waals surface area (Å²) >= 11 is 0. The van der Waals surface area contributed by atoms with Crippen LogP contribution in [0.1, 0.15) is 0 Å². The Hall–Kier alpha value is -7.11. The molecule has 0 unspecified atom stereocenters. The minimum absolute atomic E-state index is 0.563. The molecule has 2 heterocycles. The zero-order valence-electron chi connectivity index (χ0n) is 28.0. The van der Waals surface area contributed by atoms with Crippen molar-refractivity contribution in [2.45, 2.75) is 0 Å². The van der Waals surface area contributed by atoms with Crippen molar-refractivity contribution in [3.63, 3.8) is 0 Å². The van der Waals surface area contributed by atoms with Gasteiger partial charge in [0.05, 0.1) is 11.1 Å². The van der Waals surface area contributed by atoms with Crippen molar-refractivity contribution < 1.29 is 4.42 Å². The minimum Gasteiger partial charge on any atom is -0.455 e. The highest BCUT2D eigenvalue weighted by molar-refractivity contribution is 6.20. The largest absolute Gasteiger partial charge is 0.455 e. The second-order valence-electron chi connectivity index (χ2n) is 12.9. The lowest BCUT2D eigenvalue weighted by Crippen LogP contribution is -2.11. The Labute approximate surface area is 300 Å². The molecule has 2 aromatic heterocycles. The van der Waals surface area contributed by atoms with Crippen molar-refractivity contribution in [1.82, 2.24) is 15.0 Å². The van der Waals surface area contributed by atoms with Crippen LogP contribution in [-0.2, 0) is 0 Å². The summed E-state index contributed by atoms with van der Waals surface area (Å²) in [6, 6.07) is 62.8. The Morgan fingerprint density at radius 3 is 1.63 bits per heavy atom. The molecule has 0 bridgehead atoms. The summed E-state index contributed by atoms with van der Waals surface area (Å²) in [6.45, 7) is 0. The first-order chi connectivity index (χ1) is 25.8. The van der Waals surface area contributed by atoms with Gasteiger partial charge in [-0.15, -0.1) is 0 Å². The van der Waals surface area contributed by atoms with Gasteiger partial charge in [-0.1, -0.05) is 140 Å². The Morgan fingerprint density at radius 1 is 0.385 bits per heavy atom. The normalized spacial score (nSPS) is 11.5. The molecule has 5 heteroatoms. The number of furan rings is 1. The average molecular weight is 667 g/mol. The Balaban J connectivity index is 1.30. The number of para-hydroxylation sites is 1. The first-order valence-corrected chi connectivity index (χ1v) is 17.4. The smallest absolute Gasteiger partial charge is 0.164 e. The number of hydrogen-bond donors (Lipinski definition) is 0. The number of anilines is 3. The maximum absolute atomic E-state index is 6.89. The van der Waals surface area contributed by atoms with Crippen molar-refractivity contribution in [3.05, 3.63) is 182 Å². The Bertz CT molecular complexity index is 2850. The van der Waals surface area contributed by atoms with E-state index in [1.165, 1.54) is 5.39 Å². The van der Waals surface area contributed by atoms with E-state index in [9.17, 15) is 0 Å². The molecule has 0 fully saturated rings. The molecule has 0 amide bonds. The van der Waals surface area contributed by atoms with Crippen molar-refractivity contribution in [2.24, 2.45) is 0 Å². The predicted octanol–water partition coefficient (Wildman–Crippen LogP) is 12.5. The number of nitrogens with zero attached hydrogens (tertiary/aromatic N) is 4. The fraction of sp³-hybridized carbons (Fsp3) is 0. The molecule has 0 saturated heterocycles. The van der Waals surface area contributed by atoms with Gasteiger partial charge in [0, 0.05) is 38.8 Å². The van der Waals surface area contributed by atoms with E-state index in [0.29, 0.717) is 17.5 Å². The summed E-state index contributed by atoms with van der Waals surface area (Å²) in [7, 11) is 0. The van der Waals surface area contributed by atoms with E-state index in [0.717, 1.165) is 71.8 Å². The van der Waals surface area contributed by atoms with Gasteiger partial charge in [-0.25, -0.2) is 15.0 Å². The quantitative estimate of drug-likeness (QED) is 0.177. The minimum atomic E-state index is 0.563. The molecule has 8 aromatic carbocycles. The van der Waals surface area contributed by atoms with Crippen molar-refractivity contribution >= 4 is 60.5 Å². The highest BCUT2D eigenvalue weighted by atomic mass is 16.3. The molecule has 0 saturated carbocycles. The zero-order valence-corrected chi connectivity index (χ0v) is 28.0. The van der Waals surface area contributed by atoms with E-state index in [1.807, 2.05) is 60.7 Å². The summed E-state index contributed by atoms with van der Waals surface area (Å²) in [5.41, 5.74) is 7.28. The third kappa shape index (κ3) is 5.15. The maximum Gasteiger partial charge on any atom is 0.164 e. The highest BCUT2D eigenvalue weighted by Gasteiger charge is 2.23. The molecule has 244 valence electrons. The molecular weight excluding hydrogens is 637 g/mol. The second-order valence-corrected chi connectivity index (χ2v) is 12.9. The van der Waals surface area contributed by atoms with Crippen LogP contribution >= 0.6 is 0 Å². The third-order valence-electron chi connectivity index (χ3n) is 9.65. The van der Waals surface area contributed by atoms with Crippen LogP contribution in [0.2, 0.25) is 0 Å². The summed E-state index contributed by atoms with van der Waals surface area (Å²) < 4.78 is 6.89. The van der Waals surface area contributed by atoms with Crippen LogP contribution in [0.15, 0.2) is 186 Å². The van der Waals surface area contributed by atoms with Gasteiger partial charge < -0.3 is 9.32 Å². The van der Waals surface area contributed by atoms with Crippen LogP contribution < -0.4 is 4.90 Å². The molecule has 0 aliphatic rings. The molecule has 0 aliphatic heterocycles. The van der Waals surface area contributed by atoms with Crippen molar-refractivity contribution in [1.29, 1.82) is 0 Å². The number of aromatic nitrogens is 3. The van der Waals surface area contributed by atoms with Gasteiger partial charge in [-0.3, -0.25) is 0 Å². The van der Waals surface area contributed by atoms with Gasteiger partial charge in [-0.05, 0) is 58.6 Å². The molecule has 10 rings (SSSR count). The summed E-state index contributed by atoms with van der Waals surface area (Å²) in [5.74, 6) is 1.78. The van der Waals surface area contributed by atoms with Gasteiger partial charge in [0.25, 0.3) is 0 Å². The molecule has 0 spiro atoms. The van der Waals surface area contributed by atoms with Crippen molar-refractivity contribution in [2.75, 3.05) is 4.90 Å². The summed E-state index contributed by atoms with van der Waals surface area (Å²) in [5, 5.41) is 6.60. The first-order valence-electron chi connectivity index (χ1n) is 17.4. The Morgan fingerprint density at radius 2 is 0.942 bits per heavy atom. The fourth-order valence-electron chi connectivity index (χ4n) is 7.17. The number of hydrogen-bond acceptors (Lipinski definition) is 5. The zero-order chi connectivity index (χ0) is 34.4. The van der Waals surface area contributed by atoms with Crippen LogP contribution in [0.5, 0.6) is 0 Å². The van der Waals surface area contributed by atoms with E-state index >= 15 is 0 Å². The average Bonchev–Trinajstić information content (AvgIpc) is 3.61. The van der Waals surface area contributed by atoms with Gasteiger partial charge in [0.2, 0.25) is 0 Å². The Kier molecular flexibility index (Phi) is 7.07. The van der Waals surface area contributed by atoms with Crippen LogP contribution in [0, 0.1) is 0 Å². The SMILES string of the molecule is c1ccc(-c2nc(-c3ccccc3)nc(-c3cc(N(c4ccccc4)c4ccc5ccccc5c4)c4c(c3)oc3c5ccccc5ccc34)n2)cc1. The van der Waals surface area contributed by atoms with Gasteiger partial charge in [0.15, 0.2) is 17.5 Å². The van der Waals surface area contributed by atoms with Crippen LogP contribution in [0.4, 0.5) is 17.1 Å². The van der Waals surface area contributed by atoms with E-state index < -0.39 is 0 Å². The summed E-state index contributed by atoms with van der Waals surface area (Å²) in [4.78, 5) is 17.5. The lowest BCUT2D eigenvalue weighted by Gasteiger charge is -2.27. The van der Waals surface area contributed by atoms with E-state index in [1.54, 1.807) is 0 Å². The highest BCUT2D eigenvalue weighted by Crippen LogP contribution is 2.46.